The van der Waals surface area contributed by atoms with E-state index in [2.05, 4.69) is 4.98 Å². The van der Waals surface area contributed by atoms with Crippen molar-refractivity contribution in [1.82, 2.24) is 4.98 Å². The first-order chi connectivity index (χ1) is 19.1. The van der Waals surface area contributed by atoms with Crippen LogP contribution in [-0.4, -0.2) is 4.98 Å². The van der Waals surface area contributed by atoms with Gasteiger partial charge in [0, 0.05) is 35.0 Å². The standard InChI is InChI=1S/C29H25N2O/c1-16-12-25(31(5)15-17(16)2)28-19(4)30-18(3)27-24-14-23-21(13-26(24)32-29(27)28)11-10-20-8-6-7-9-22(20)23/h6-15H,1-5H3/q+1/i1D3,2D3,3D3. The molecule has 6 aromatic rings. The summed E-state index contributed by atoms with van der Waals surface area (Å²) in [7, 11) is 1.61. The summed E-state index contributed by atoms with van der Waals surface area (Å²) in [6.45, 7) is -6.30. The van der Waals surface area contributed by atoms with Gasteiger partial charge in [0.05, 0.1) is 11.1 Å². The molecule has 3 nitrogen and oxygen atoms in total. The Balaban J connectivity index is 1.78. The second kappa shape index (κ2) is 6.64. The van der Waals surface area contributed by atoms with Gasteiger partial charge in [-0.25, -0.2) is 4.57 Å². The number of fused-ring (bicyclic) bond motifs is 6. The molecule has 0 spiro atoms. The van der Waals surface area contributed by atoms with Crippen molar-refractivity contribution in [3.63, 3.8) is 0 Å². The molecule has 3 heterocycles. The molecule has 6 rings (SSSR count). The van der Waals surface area contributed by atoms with Crippen molar-refractivity contribution in [1.29, 1.82) is 0 Å². The highest BCUT2D eigenvalue weighted by Crippen LogP contribution is 2.40. The first kappa shape index (κ1) is 11.8. The molecule has 0 bridgehead atoms. The predicted molar refractivity (Wildman–Crippen MR) is 132 cm³/mol. The summed E-state index contributed by atoms with van der Waals surface area (Å²) in [6, 6.07) is 17.0. The molecule has 0 N–H and O–H groups in total. The Labute approximate surface area is 199 Å². The van der Waals surface area contributed by atoms with Crippen molar-refractivity contribution in [2.45, 2.75) is 27.5 Å². The number of aryl methyl sites for hydroxylation is 5. The maximum atomic E-state index is 8.28. The normalized spacial score (nSPS) is 17.2. The first-order valence-electron chi connectivity index (χ1n) is 14.8. The molecule has 0 saturated heterocycles. The SMILES string of the molecule is [2H]C([2H])([2H])c1cc(-c2c(C)nc(C([2H])([2H])[2H])c3c2oc2cc4ccc5ccccc5c4cc23)[n+](C)cc1C([2H])([2H])[2H]. The van der Waals surface area contributed by atoms with Gasteiger partial charge in [-0.2, -0.15) is 0 Å². The molecule has 0 fully saturated rings. The Kier molecular flexibility index (Phi) is 2.44. The van der Waals surface area contributed by atoms with Gasteiger partial charge in [0.15, 0.2) is 11.8 Å². The van der Waals surface area contributed by atoms with Crippen molar-refractivity contribution < 1.29 is 21.3 Å². The largest absolute Gasteiger partial charge is 0.455 e. The summed E-state index contributed by atoms with van der Waals surface area (Å²) in [4.78, 5) is 4.53. The molecule has 0 aliphatic rings. The van der Waals surface area contributed by atoms with Gasteiger partial charge in [-0.15, -0.1) is 0 Å². The molecule has 0 atom stereocenters. The van der Waals surface area contributed by atoms with Crippen LogP contribution in [-0.2, 0) is 7.05 Å². The fourth-order valence-corrected chi connectivity index (χ4v) is 4.65. The minimum Gasteiger partial charge on any atom is -0.455 e. The van der Waals surface area contributed by atoms with Gasteiger partial charge in [0.2, 0.25) is 5.69 Å². The summed E-state index contributed by atoms with van der Waals surface area (Å²) in [5.74, 6) is 0. The highest BCUT2D eigenvalue weighted by Gasteiger charge is 2.24. The van der Waals surface area contributed by atoms with E-state index >= 15 is 0 Å². The maximum absolute atomic E-state index is 8.28. The Hall–Kier alpha value is -3.72. The first-order valence-corrected chi connectivity index (χ1v) is 10.3. The highest BCUT2D eigenvalue weighted by atomic mass is 16.3. The van der Waals surface area contributed by atoms with Gasteiger partial charge >= 0.3 is 0 Å². The smallest absolute Gasteiger partial charge is 0.218 e. The van der Waals surface area contributed by atoms with E-state index in [1.807, 2.05) is 48.5 Å². The number of furan rings is 1. The molecule has 0 radical (unpaired) electrons. The number of hydrogen-bond donors (Lipinski definition) is 0. The summed E-state index contributed by atoms with van der Waals surface area (Å²) in [5.41, 5.74) is 1.02. The highest BCUT2D eigenvalue weighted by molar-refractivity contribution is 6.18. The lowest BCUT2D eigenvalue weighted by molar-refractivity contribution is -0.660. The van der Waals surface area contributed by atoms with Gasteiger partial charge in [-0.3, -0.25) is 4.98 Å². The predicted octanol–water partition coefficient (Wildman–Crippen LogP) is 7.01. The number of pyridine rings is 2. The monoisotopic (exact) mass is 426 g/mol. The van der Waals surface area contributed by atoms with Crippen LogP contribution in [0, 0.1) is 27.5 Å². The van der Waals surface area contributed by atoms with Crippen LogP contribution in [0.25, 0.3) is 54.7 Å². The van der Waals surface area contributed by atoms with Gasteiger partial charge in [-0.05, 0) is 66.7 Å². The molecule has 0 aliphatic carbocycles. The van der Waals surface area contributed by atoms with Gasteiger partial charge in [-0.1, -0.05) is 36.4 Å². The van der Waals surface area contributed by atoms with E-state index in [1.54, 1.807) is 14.0 Å². The molecular weight excluding hydrogens is 392 g/mol. The molecule has 0 saturated carbocycles. The summed E-state index contributed by atoms with van der Waals surface area (Å²) in [6.07, 6.45) is 1.29. The second-order valence-electron chi connectivity index (χ2n) is 8.18. The van der Waals surface area contributed by atoms with Crippen molar-refractivity contribution in [2.75, 3.05) is 0 Å². The second-order valence-corrected chi connectivity index (χ2v) is 8.18. The minimum atomic E-state index is -2.71. The number of nitrogens with zero attached hydrogens (tertiary/aromatic N) is 2. The average Bonchev–Trinajstić information content (AvgIpc) is 3.23. The minimum absolute atomic E-state index is 0.120. The number of aromatic nitrogens is 2. The lowest BCUT2D eigenvalue weighted by atomic mass is 9.98. The maximum Gasteiger partial charge on any atom is 0.218 e. The van der Waals surface area contributed by atoms with Crippen molar-refractivity contribution in [3.8, 4) is 11.3 Å². The molecule has 32 heavy (non-hydrogen) atoms. The van der Waals surface area contributed by atoms with E-state index in [-0.39, 0.29) is 22.4 Å². The van der Waals surface area contributed by atoms with Crippen LogP contribution in [0.15, 0.2) is 65.2 Å². The molecule has 0 amide bonds. The fraction of sp³-hybridized carbons (Fsp3) is 0.172. The third kappa shape index (κ3) is 2.61. The zero-order chi connectivity index (χ0) is 29.6. The molecular formula is C29H25N2O+. The molecule has 0 aliphatic heterocycles. The van der Waals surface area contributed by atoms with Crippen LogP contribution >= 0.6 is 0 Å². The summed E-state index contributed by atoms with van der Waals surface area (Å²) >= 11 is 0. The van der Waals surface area contributed by atoms with E-state index in [9.17, 15) is 0 Å². The van der Waals surface area contributed by atoms with E-state index in [0.717, 1.165) is 21.5 Å². The molecule has 3 aromatic carbocycles. The lowest BCUT2D eigenvalue weighted by Crippen LogP contribution is -2.31. The topological polar surface area (TPSA) is 29.9 Å². The summed E-state index contributed by atoms with van der Waals surface area (Å²) < 4.78 is 80.6. The van der Waals surface area contributed by atoms with Crippen LogP contribution in [0.3, 0.4) is 0 Å². The van der Waals surface area contributed by atoms with Crippen LogP contribution in [0.4, 0.5) is 0 Å². The fourth-order valence-electron chi connectivity index (χ4n) is 4.65. The quantitative estimate of drug-likeness (QED) is 0.209. The van der Waals surface area contributed by atoms with Crippen LogP contribution in [0.5, 0.6) is 0 Å². The van der Waals surface area contributed by atoms with E-state index in [4.69, 9.17) is 16.8 Å². The van der Waals surface area contributed by atoms with Crippen LogP contribution in [0.2, 0.25) is 0 Å². The Morgan fingerprint density at radius 2 is 1.69 bits per heavy atom. The third-order valence-corrected chi connectivity index (χ3v) is 6.19. The van der Waals surface area contributed by atoms with Crippen molar-refractivity contribution in [3.05, 3.63) is 83.3 Å². The molecule has 156 valence electrons. The number of rotatable bonds is 1. The summed E-state index contributed by atoms with van der Waals surface area (Å²) in [5, 5.41) is 4.76. The van der Waals surface area contributed by atoms with E-state index < -0.39 is 20.6 Å². The zero-order valence-corrected chi connectivity index (χ0v) is 17.6. The molecule has 3 heteroatoms. The van der Waals surface area contributed by atoms with Gasteiger partial charge in [0.1, 0.15) is 18.2 Å². The lowest BCUT2D eigenvalue weighted by Gasteiger charge is -2.09. The van der Waals surface area contributed by atoms with E-state index in [1.165, 1.54) is 16.8 Å². The van der Waals surface area contributed by atoms with Gasteiger partial charge < -0.3 is 4.42 Å². The van der Waals surface area contributed by atoms with Crippen LogP contribution in [0.1, 0.15) is 34.9 Å². The van der Waals surface area contributed by atoms with Crippen molar-refractivity contribution >= 4 is 43.5 Å². The Morgan fingerprint density at radius 1 is 0.844 bits per heavy atom. The molecule has 3 aromatic heterocycles. The molecule has 0 unspecified atom stereocenters. The zero-order valence-electron chi connectivity index (χ0n) is 26.6. The third-order valence-electron chi connectivity index (χ3n) is 6.19. The number of benzene rings is 3. The van der Waals surface area contributed by atoms with Gasteiger partial charge in [0.25, 0.3) is 0 Å². The van der Waals surface area contributed by atoms with Crippen molar-refractivity contribution in [2.24, 2.45) is 7.05 Å². The number of hydrogen-bond acceptors (Lipinski definition) is 2. The van der Waals surface area contributed by atoms with E-state index in [0.29, 0.717) is 33.3 Å². The Morgan fingerprint density at radius 3 is 2.53 bits per heavy atom. The average molecular weight is 427 g/mol. The van der Waals surface area contributed by atoms with Crippen LogP contribution < -0.4 is 4.57 Å². The Bertz CT molecular complexity index is 2030.